The SMILES string of the molecule is C=C(C)[C@@H]1C[C@@H]2O[C@@]1(O)C(=O)[C@@H](C)CC(=O)/C=C(/C)C[C@H]1C=C2C(=O)O1. The van der Waals surface area contributed by atoms with Crippen LogP contribution in [0.2, 0.25) is 0 Å². The number of hydrogen-bond donors (Lipinski definition) is 1. The van der Waals surface area contributed by atoms with Crippen molar-refractivity contribution in [2.45, 2.75) is 58.0 Å². The average molecular weight is 360 g/mol. The third-order valence-corrected chi connectivity index (χ3v) is 5.28. The van der Waals surface area contributed by atoms with Gasteiger partial charge in [0.15, 0.2) is 11.6 Å². The van der Waals surface area contributed by atoms with E-state index in [0.717, 1.165) is 5.57 Å². The molecule has 0 unspecified atom stereocenters. The van der Waals surface area contributed by atoms with Gasteiger partial charge in [0.2, 0.25) is 5.79 Å². The quantitative estimate of drug-likeness (QED) is 0.568. The highest BCUT2D eigenvalue weighted by Crippen LogP contribution is 2.44. The van der Waals surface area contributed by atoms with Crippen LogP contribution < -0.4 is 0 Å². The summed E-state index contributed by atoms with van der Waals surface area (Å²) in [6.07, 6.45) is 2.58. The lowest BCUT2D eigenvalue weighted by Crippen LogP contribution is -2.47. The highest BCUT2D eigenvalue weighted by atomic mass is 16.6. The van der Waals surface area contributed by atoms with Crippen molar-refractivity contribution in [3.8, 4) is 0 Å². The van der Waals surface area contributed by atoms with Crippen LogP contribution in [0.4, 0.5) is 0 Å². The van der Waals surface area contributed by atoms with Crippen LogP contribution in [0.1, 0.15) is 40.0 Å². The molecule has 3 rings (SSSR count). The van der Waals surface area contributed by atoms with Crippen molar-refractivity contribution >= 4 is 17.5 Å². The second-order valence-electron chi connectivity index (χ2n) is 7.63. The van der Waals surface area contributed by atoms with Gasteiger partial charge in [-0.05, 0) is 32.4 Å². The molecule has 0 aromatic rings. The maximum atomic E-state index is 12.9. The fraction of sp³-hybridized carbons (Fsp3) is 0.550. The third kappa shape index (κ3) is 3.19. The van der Waals surface area contributed by atoms with E-state index in [4.69, 9.17) is 9.47 Å². The molecule has 6 nitrogen and oxygen atoms in total. The van der Waals surface area contributed by atoms with Crippen molar-refractivity contribution in [3.05, 3.63) is 35.5 Å². The Morgan fingerprint density at radius 3 is 2.65 bits per heavy atom. The van der Waals surface area contributed by atoms with Crippen LogP contribution in [0.15, 0.2) is 35.5 Å². The third-order valence-electron chi connectivity index (χ3n) is 5.28. The number of Topliss-reactive ketones (excluding diaryl/α,β-unsaturated/α-hetero) is 1. The zero-order valence-electron chi connectivity index (χ0n) is 15.3. The van der Waals surface area contributed by atoms with Crippen molar-refractivity contribution in [2.24, 2.45) is 11.8 Å². The number of ether oxygens (including phenoxy) is 2. The van der Waals surface area contributed by atoms with Crippen molar-refractivity contribution in [1.82, 2.24) is 0 Å². The van der Waals surface area contributed by atoms with E-state index < -0.39 is 41.6 Å². The zero-order valence-corrected chi connectivity index (χ0v) is 15.3. The van der Waals surface area contributed by atoms with Crippen LogP contribution in [-0.2, 0) is 23.9 Å². The fourth-order valence-electron chi connectivity index (χ4n) is 3.98. The molecule has 3 heterocycles. The van der Waals surface area contributed by atoms with Gasteiger partial charge >= 0.3 is 5.97 Å². The lowest BCUT2D eigenvalue weighted by molar-refractivity contribution is -0.207. The van der Waals surface area contributed by atoms with E-state index in [1.54, 1.807) is 26.8 Å². The largest absolute Gasteiger partial charge is 0.454 e. The van der Waals surface area contributed by atoms with Crippen LogP contribution in [0.5, 0.6) is 0 Å². The highest BCUT2D eigenvalue weighted by molar-refractivity contribution is 5.97. The Morgan fingerprint density at radius 2 is 2.00 bits per heavy atom. The minimum Gasteiger partial charge on any atom is -0.454 e. The molecular formula is C20H24O6. The van der Waals surface area contributed by atoms with E-state index in [9.17, 15) is 19.5 Å². The summed E-state index contributed by atoms with van der Waals surface area (Å²) in [7, 11) is 0. The van der Waals surface area contributed by atoms with E-state index in [-0.39, 0.29) is 18.6 Å². The molecule has 0 radical (unpaired) electrons. The number of allylic oxidation sites excluding steroid dienone is 1. The molecule has 4 bridgehead atoms. The summed E-state index contributed by atoms with van der Waals surface area (Å²) in [4.78, 5) is 37.5. The first-order valence-corrected chi connectivity index (χ1v) is 8.84. The summed E-state index contributed by atoms with van der Waals surface area (Å²) in [6, 6.07) is 0. The van der Waals surface area contributed by atoms with Crippen molar-refractivity contribution in [1.29, 1.82) is 0 Å². The second-order valence-corrected chi connectivity index (χ2v) is 7.63. The van der Waals surface area contributed by atoms with Gasteiger partial charge in [0.1, 0.15) is 6.10 Å². The summed E-state index contributed by atoms with van der Waals surface area (Å²) < 4.78 is 11.1. The molecule has 1 fully saturated rings. The van der Waals surface area contributed by atoms with Gasteiger partial charge in [0.05, 0.1) is 11.7 Å². The molecule has 0 aromatic heterocycles. The van der Waals surface area contributed by atoms with Crippen LogP contribution in [-0.4, -0.2) is 40.6 Å². The molecule has 0 aliphatic carbocycles. The Morgan fingerprint density at radius 1 is 1.31 bits per heavy atom. The Labute approximate surface area is 152 Å². The first-order valence-electron chi connectivity index (χ1n) is 8.84. The summed E-state index contributed by atoms with van der Waals surface area (Å²) in [5.41, 5.74) is 1.68. The van der Waals surface area contributed by atoms with Crippen LogP contribution in [0.25, 0.3) is 0 Å². The molecule has 5 atom stereocenters. The van der Waals surface area contributed by atoms with Gasteiger partial charge in [-0.25, -0.2) is 4.79 Å². The minimum absolute atomic E-state index is 0.0137. The Kier molecular flexibility index (Phi) is 4.75. The maximum Gasteiger partial charge on any atom is 0.337 e. The molecule has 26 heavy (non-hydrogen) atoms. The van der Waals surface area contributed by atoms with Crippen LogP contribution in [0.3, 0.4) is 0 Å². The molecule has 3 aliphatic rings. The van der Waals surface area contributed by atoms with Crippen LogP contribution in [0, 0.1) is 11.8 Å². The highest BCUT2D eigenvalue weighted by Gasteiger charge is 2.56. The van der Waals surface area contributed by atoms with E-state index in [2.05, 4.69) is 6.58 Å². The lowest BCUT2D eigenvalue weighted by Gasteiger charge is -2.30. The van der Waals surface area contributed by atoms with Gasteiger partial charge in [-0.1, -0.05) is 24.6 Å². The van der Waals surface area contributed by atoms with Gasteiger partial charge in [-0.15, -0.1) is 0 Å². The number of carbonyl (C=O) groups is 3. The molecule has 6 heteroatoms. The van der Waals surface area contributed by atoms with Crippen molar-refractivity contribution in [3.63, 3.8) is 0 Å². The second kappa shape index (κ2) is 6.59. The summed E-state index contributed by atoms with van der Waals surface area (Å²) >= 11 is 0. The van der Waals surface area contributed by atoms with Gasteiger partial charge in [-0.2, -0.15) is 0 Å². The lowest BCUT2D eigenvalue weighted by atomic mass is 9.82. The predicted molar refractivity (Wildman–Crippen MR) is 92.9 cm³/mol. The zero-order chi connectivity index (χ0) is 19.2. The molecule has 0 aromatic carbocycles. The fourth-order valence-corrected chi connectivity index (χ4v) is 3.98. The maximum absolute atomic E-state index is 12.9. The molecule has 3 aliphatic heterocycles. The molecular weight excluding hydrogens is 336 g/mol. The van der Waals surface area contributed by atoms with Crippen molar-refractivity contribution < 1.29 is 29.0 Å². The number of fused-ring (bicyclic) bond motifs is 4. The first-order chi connectivity index (χ1) is 12.1. The molecule has 0 saturated carbocycles. The van der Waals surface area contributed by atoms with E-state index in [1.165, 1.54) is 6.08 Å². The van der Waals surface area contributed by atoms with Gasteiger partial charge < -0.3 is 14.6 Å². The normalized spacial score (nSPS) is 39.9. The predicted octanol–water partition coefficient (Wildman–Crippen LogP) is 2.02. The molecule has 140 valence electrons. The van der Waals surface area contributed by atoms with E-state index >= 15 is 0 Å². The number of aliphatic hydroxyl groups is 1. The van der Waals surface area contributed by atoms with E-state index in [0.29, 0.717) is 17.6 Å². The number of carbonyl (C=O) groups excluding carboxylic acids is 3. The molecule has 0 spiro atoms. The Hall–Kier alpha value is -2.05. The smallest absolute Gasteiger partial charge is 0.337 e. The summed E-state index contributed by atoms with van der Waals surface area (Å²) in [5, 5.41) is 11.1. The standard InChI is InChI=1S/C20H24O6/c1-10(2)16-9-17-15-8-14(25-19(15)23)6-11(3)5-13(21)7-12(4)18(22)20(16,24)26-17/h5,8,12,14,16-17,24H,1,6-7,9H2,2-4H3/b11-5-/t12-,14-,16-,17-,20+/m0/s1. The number of ketones is 2. The topological polar surface area (TPSA) is 89.9 Å². The Balaban J connectivity index is 2.05. The number of rotatable bonds is 1. The first kappa shape index (κ1) is 18.7. The molecule has 1 saturated heterocycles. The summed E-state index contributed by atoms with van der Waals surface area (Å²) in [6.45, 7) is 8.97. The molecule has 0 amide bonds. The van der Waals surface area contributed by atoms with Crippen LogP contribution >= 0.6 is 0 Å². The number of hydrogen-bond acceptors (Lipinski definition) is 6. The monoisotopic (exact) mass is 360 g/mol. The van der Waals surface area contributed by atoms with E-state index in [1.807, 2.05) is 0 Å². The van der Waals surface area contributed by atoms with Gasteiger partial charge in [-0.3, -0.25) is 9.59 Å². The summed E-state index contributed by atoms with van der Waals surface area (Å²) in [5.74, 6) is -4.73. The average Bonchev–Trinajstić information content (AvgIpc) is 3.06. The number of esters is 1. The molecule has 1 N–H and O–H groups in total. The minimum atomic E-state index is -2.10. The Bertz CT molecular complexity index is 745. The van der Waals surface area contributed by atoms with Gasteiger partial charge in [0.25, 0.3) is 0 Å². The van der Waals surface area contributed by atoms with Crippen molar-refractivity contribution in [2.75, 3.05) is 0 Å². The van der Waals surface area contributed by atoms with Gasteiger partial charge in [0, 0.05) is 24.7 Å².